The summed E-state index contributed by atoms with van der Waals surface area (Å²) in [6.07, 6.45) is 9.80. The SMILES string of the molecule is CCCCCCC1=C(C(O)(CC)CCCC)C1(C)CO. The van der Waals surface area contributed by atoms with Crippen LogP contribution < -0.4 is 0 Å². The first-order chi connectivity index (χ1) is 9.50. The Morgan fingerprint density at radius 1 is 1.00 bits per heavy atom. The van der Waals surface area contributed by atoms with Crippen molar-refractivity contribution in [2.45, 2.75) is 91.1 Å². The lowest BCUT2D eigenvalue weighted by Gasteiger charge is -2.28. The van der Waals surface area contributed by atoms with Crippen LogP contribution in [0.3, 0.4) is 0 Å². The highest BCUT2D eigenvalue weighted by atomic mass is 16.3. The zero-order valence-corrected chi connectivity index (χ0v) is 14.0. The lowest BCUT2D eigenvalue weighted by atomic mass is 9.85. The Balaban J connectivity index is 2.72. The molecule has 0 radical (unpaired) electrons. The van der Waals surface area contributed by atoms with Gasteiger partial charge in [-0.25, -0.2) is 0 Å². The zero-order chi connectivity index (χ0) is 15.2. The first-order valence-electron chi connectivity index (χ1n) is 8.58. The summed E-state index contributed by atoms with van der Waals surface area (Å²) >= 11 is 0. The van der Waals surface area contributed by atoms with Crippen LogP contribution in [0.4, 0.5) is 0 Å². The second-order valence-corrected chi connectivity index (χ2v) is 6.64. The summed E-state index contributed by atoms with van der Waals surface area (Å²) in [6.45, 7) is 8.70. The highest BCUT2D eigenvalue weighted by Gasteiger charge is 2.55. The predicted octanol–water partition coefficient (Wildman–Crippen LogP) is 4.60. The van der Waals surface area contributed by atoms with Crippen molar-refractivity contribution in [1.82, 2.24) is 0 Å². The van der Waals surface area contributed by atoms with Gasteiger partial charge in [0.05, 0.1) is 12.2 Å². The van der Waals surface area contributed by atoms with E-state index in [-0.39, 0.29) is 12.0 Å². The predicted molar refractivity (Wildman–Crippen MR) is 85.7 cm³/mol. The monoisotopic (exact) mass is 282 g/mol. The largest absolute Gasteiger partial charge is 0.395 e. The van der Waals surface area contributed by atoms with Gasteiger partial charge in [-0.2, -0.15) is 0 Å². The van der Waals surface area contributed by atoms with Crippen LogP contribution in [0, 0.1) is 5.41 Å². The van der Waals surface area contributed by atoms with E-state index in [1.807, 2.05) is 0 Å². The molecule has 2 atom stereocenters. The number of rotatable bonds is 11. The Kier molecular flexibility index (Phi) is 6.74. The van der Waals surface area contributed by atoms with E-state index in [1.54, 1.807) is 0 Å². The molecule has 2 heteroatoms. The fraction of sp³-hybridized carbons (Fsp3) is 0.889. The van der Waals surface area contributed by atoms with E-state index in [1.165, 1.54) is 36.8 Å². The molecule has 0 fully saturated rings. The van der Waals surface area contributed by atoms with Gasteiger partial charge >= 0.3 is 0 Å². The highest BCUT2D eigenvalue weighted by molar-refractivity contribution is 5.53. The molecule has 1 rings (SSSR count). The third-order valence-electron chi connectivity index (χ3n) is 5.05. The van der Waals surface area contributed by atoms with Gasteiger partial charge in [-0.15, -0.1) is 0 Å². The van der Waals surface area contributed by atoms with Gasteiger partial charge in [-0.3, -0.25) is 0 Å². The van der Waals surface area contributed by atoms with Gasteiger partial charge in [-0.1, -0.05) is 58.4 Å². The molecule has 0 spiro atoms. The summed E-state index contributed by atoms with van der Waals surface area (Å²) in [5, 5.41) is 20.7. The quantitative estimate of drug-likeness (QED) is 0.429. The molecule has 0 saturated carbocycles. The van der Waals surface area contributed by atoms with E-state index in [4.69, 9.17) is 0 Å². The average molecular weight is 282 g/mol. The van der Waals surface area contributed by atoms with Crippen LogP contribution >= 0.6 is 0 Å². The Labute approximate surface area is 125 Å². The molecule has 2 nitrogen and oxygen atoms in total. The maximum absolute atomic E-state index is 11.0. The van der Waals surface area contributed by atoms with Gasteiger partial charge in [0.15, 0.2) is 0 Å². The summed E-state index contributed by atoms with van der Waals surface area (Å²) in [7, 11) is 0. The van der Waals surface area contributed by atoms with Gasteiger partial charge in [0.1, 0.15) is 0 Å². The minimum atomic E-state index is -0.673. The van der Waals surface area contributed by atoms with Crippen molar-refractivity contribution in [2.75, 3.05) is 6.61 Å². The molecule has 0 bridgehead atoms. The number of hydrogen-bond donors (Lipinski definition) is 2. The second-order valence-electron chi connectivity index (χ2n) is 6.64. The number of aliphatic hydroxyl groups is 2. The van der Waals surface area contributed by atoms with Crippen molar-refractivity contribution in [1.29, 1.82) is 0 Å². The van der Waals surface area contributed by atoms with Crippen LogP contribution in [0.5, 0.6) is 0 Å². The molecule has 2 unspecified atom stereocenters. The fourth-order valence-corrected chi connectivity index (χ4v) is 3.53. The Morgan fingerprint density at radius 2 is 1.65 bits per heavy atom. The van der Waals surface area contributed by atoms with Crippen molar-refractivity contribution in [2.24, 2.45) is 5.41 Å². The standard InChI is InChI=1S/C18H34O2/c1-5-8-10-11-12-15-16(17(15,4)14-19)18(20,7-3)13-9-6-2/h19-20H,5-14H2,1-4H3. The highest BCUT2D eigenvalue weighted by Crippen LogP contribution is 2.60. The van der Waals surface area contributed by atoms with Crippen LogP contribution in [-0.4, -0.2) is 22.4 Å². The third kappa shape index (κ3) is 3.65. The van der Waals surface area contributed by atoms with Crippen LogP contribution in [0.2, 0.25) is 0 Å². The summed E-state index contributed by atoms with van der Waals surface area (Å²) in [6, 6.07) is 0. The van der Waals surface area contributed by atoms with E-state index >= 15 is 0 Å². The maximum atomic E-state index is 11.0. The molecule has 1 aliphatic carbocycles. The Morgan fingerprint density at radius 3 is 2.15 bits per heavy atom. The molecule has 0 amide bonds. The molecule has 0 aromatic heterocycles. The van der Waals surface area contributed by atoms with Gasteiger partial charge < -0.3 is 10.2 Å². The maximum Gasteiger partial charge on any atom is 0.0866 e. The number of aliphatic hydroxyl groups excluding tert-OH is 1. The molecule has 0 aromatic rings. The minimum Gasteiger partial charge on any atom is -0.395 e. The van der Waals surface area contributed by atoms with E-state index < -0.39 is 5.60 Å². The lowest BCUT2D eigenvalue weighted by molar-refractivity contribution is 0.0540. The molecule has 0 saturated heterocycles. The second kappa shape index (κ2) is 7.61. The van der Waals surface area contributed by atoms with Gasteiger partial charge in [0, 0.05) is 5.41 Å². The van der Waals surface area contributed by atoms with E-state index in [0.29, 0.717) is 0 Å². The summed E-state index contributed by atoms with van der Waals surface area (Å²) in [4.78, 5) is 0. The summed E-state index contributed by atoms with van der Waals surface area (Å²) in [5.41, 5.74) is 1.63. The minimum absolute atomic E-state index is 0.153. The van der Waals surface area contributed by atoms with E-state index in [9.17, 15) is 10.2 Å². The van der Waals surface area contributed by atoms with E-state index in [0.717, 1.165) is 32.1 Å². The first kappa shape index (κ1) is 17.7. The first-order valence-corrected chi connectivity index (χ1v) is 8.58. The van der Waals surface area contributed by atoms with Crippen molar-refractivity contribution in [3.63, 3.8) is 0 Å². The van der Waals surface area contributed by atoms with Crippen LogP contribution in [0.25, 0.3) is 0 Å². The molecular formula is C18H34O2. The van der Waals surface area contributed by atoms with Crippen molar-refractivity contribution in [3.05, 3.63) is 11.1 Å². The molecule has 2 N–H and O–H groups in total. The molecule has 1 aliphatic rings. The summed E-state index contributed by atoms with van der Waals surface area (Å²) < 4.78 is 0. The normalized spacial score (nSPS) is 24.9. The smallest absolute Gasteiger partial charge is 0.0866 e. The van der Waals surface area contributed by atoms with Gasteiger partial charge in [0.2, 0.25) is 0 Å². The van der Waals surface area contributed by atoms with E-state index in [2.05, 4.69) is 27.7 Å². The molecule has 0 heterocycles. The third-order valence-corrected chi connectivity index (χ3v) is 5.05. The van der Waals surface area contributed by atoms with Crippen LogP contribution in [0.1, 0.15) is 85.5 Å². The average Bonchev–Trinajstić information content (AvgIpc) is 3.07. The lowest BCUT2D eigenvalue weighted by Crippen LogP contribution is -2.30. The molecular weight excluding hydrogens is 248 g/mol. The van der Waals surface area contributed by atoms with Gasteiger partial charge in [-0.05, 0) is 38.2 Å². The Hall–Kier alpha value is -0.340. The molecule has 20 heavy (non-hydrogen) atoms. The van der Waals surface area contributed by atoms with Crippen LogP contribution in [-0.2, 0) is 0 Å². The fourth-order valence-electron chi connectivity index (χ4n) is 3.53. The van der Waals surface area contributed by atoms with Gasteiger partial charge in [0.25, 0.3) is 0 Å². The number of unbranched alkanes of at least 4 members (excludes halogenated alkanes) is 4. The molecule has 0 aliphatic heterocycles. The number of hydrogen-bond acceptors (Lipinski definition) is 2. The summed E-state index contributed by atoms with van der Waals surface area (Å²) in [5.74, 6) is 0. The molecule has 0 aromatic carbocycles. The van der Waals surface area contributed by atoms with Crippen molar-refractivity contribution in [3.8, 4) is 0 Å². The molecule has 118 valence electrons. The Bertz CT molecular complexity index is 334. The van der Waals surface area contributed by atoms with Crippen molar-refractivity contribution < 1.29 is 10.2 Å². The topological polar surface area (TPSA) is 40.5 Å². The van der Waals surface area contributed by atoms with Crippen molar-refractivity contribution >= 4 is 0 Å². The van der Waals surface area contributed by atoms with Crippen LogP contribution in [0.15, 0.2) is 11.1 Å². The zero-order valence-electron chi connectivity index (χ0n) is 14.0.